The zero-order chi connectivity index (χ0) is 15.7. The van der Waals surface area contributed by atoms with Crippen LogP contribution >= 0.6 is 0 Å². The van der Waals surface area contributed by atoms with Crippen LogP contribution in [0.5, 0.6) is 0 Å². The van der Waals surface area contributed by atoms with Crippen LogP contribution in [-0.4, -0.2) is 21.3 Å². The summed E-state index contributed by atoms with van der Waals surface area (Å²) in [6.07, 6.45) is 0.750. The van der Waals surface area contributed by atoms with Crippen LogP contribution in [0.1, 0.15) is 27.2 Å². The number of hydrogen-bond acceptors (Lipinski definition) is 3. The Kier molecular flexibility index (Phi) is 3.59. The third-order valence-electron chi connectivity index (χ3n) is 3.87. The number of nitrogens with zero attached hydrogens (tertiary/aromatic N) is 3. The van der Waals surface area contributed by atoms with E-state index in [-0.39, 0.29) is 0 Å². The van der Waals surface area contributed by atoms with E-state index in [4.69, 9.17) is 0 Å². The van der Waals surface area contributed by atoms with Crippen LogP contribution in [0, 0.1) is 20.8 Å². The molecule has 0 spiro atoms. The second kappa shape index (κ2) is 5.56. The smallest absolute Gasteiger partial charge is 0.172 e. The van der Waals surface area contributed by atoms with E-state index in [1.54, 1.807) is 4.68 Å². The Morgan fingerprint density at radius 1 is 0.955 bits per heavy atom. The molecule has 110 valence electrons. The Balaban J connectivity index is 2.20. The van der Waals surface area contributed by atoms with Gasteiger partial charge in [0.05, 0.1) is 5.69 Å². The zero-order valence-corrected chi connectivity index (χ0v) is 12.9. The second-order valence-corrected chi connectivity index (χ2v) is 5.49. The van der Waals surface area contributed by atoms with Gasteiger partial charge in [0.15, 0.2) is 12.0 Å². The highest BCUT2D eigenvalue weighted by Crippen LogP contribution is 2.25. The monoisotopic (exact) mass is 291 g/mol. The molecule has 1 heterocycles. The van der Waals surface area contributed by atoms with Crippen molar-refractivity contribution >= 4 is 6.29 Å². The first-order chi connectivity index (χ1) is 10.6. The lowest BCUT2D eigenvalue weighted by molar-refractivity contribution is 0.111. The van der Waals surface area contributed by atoms with Crippen molar-refractivity contribution < 1.29 is 4.79 Å². The predicted octanol–water partition coefficient (Wildman–Crippen LogP) is 3.67. The van der Waals surface area contributed by atoms with E-state index in [1.165, 1.54) is 16.7 Å². The van der Waals surface area contributed by atoms with Gasteiger partial charge in [0, 0.05) is 5.56 Å². The first-order valence-corrected chi connectivity index (χ1v) is 7.15. The molecule has 0 aliphatic heterocycles. The average molecular weight is 291 g/mol. The molecule has 3 rings (SSSR count). The summed E-state index contributed by atoms with van der Waals surface area (Å²) in [7, 11) is 0. The molecule has 0 bridgehead atoms. The van der Waals surface area contributed by atoms with Crippen LogP contribution in [0.25, 0.3) is 16.9 Å². The molecule has 3 aromatic rings. The van der Waals surface area contributed by atoms with Crippen molar-refractivity contribution in [3.63, 3.8) is 0 Å². The van der Waals surface area contributed by atoms with Crippen molar-refractivity contribution in [2.45, 2.75) is 20.8 Å². The predicted molar refractivity (Wildman–Crippen MR) is 86.4 cm³/mol. The summed E-state index contributed by atoms with van der Waals surface area (Å²) in [5.41, 5.74) is 6.46. The molecule has 0 atom stereocenters. The number of aromatic nitrogens is 3. The lowest BCUT2D eigenvalue weighted by atomic mass is 10.1. The molecule has 4 heteroatoms. The topological polar surface area (TPSA) is 47.8 Å². The van der Waals surface area contributed by atoms with Crippen molar-refractivity contribution in [3.8, 4) is 16.9 Å². The fourth-order valence-corrected chi connectivity index (χ4v) is 2.39. The first kappa shape index (κ1) is 14.2. The highest BCUT2D eigenvalue weighted by Gasteiger charge is 2.16. The van der Waals surface area contributed by atoms with Gasteiger partial charge in [-0.05, 0) is 44.0 Å². The molecule has 1 aromatic heterocycles. The maximum absolute atomic E-state index is 11.3. The Labute approximate surface area is 129 Å². The van der Waals surface area contributed by atoms with Crippen LogP contribution in [0.3, 0.4) is 0 Å². The lowest BCUT2D eigenvalue weighted by Crippen LogP contribution is -2.01. The van der Waals surface area contributed by atoms with Gasteiger partial charge < -0.3 is 0 Å². The summed E-state index contributed by atoms with van der Waals surface area (Å²) in [5.74, 6) is 0. The Morgan fingerprint density at radius 2 is 1.68 bits per heavy atom. The number of carbonyl (C=O) groups excluding carboxylic acids is 1. The molecule has 0 radical (unpaired) electrons. The van der Waals surface area contributed by atoms with E-state index in [9.17, 15) is 4.79 Å². The molecule has 0 amide bonds. The van der Waals surface area contributed by atoms with Gasteiger partial charge in [0.25, 0.3) is 0 Å². The molecule has 4 nitrogen and oxygen atoms in total. The molecular formula is C18H17N3O. The van der Waals surface area contributed by atoms with Gasteiger partial charge in [-0.2, -0.15) is 0 Å². The van der Waals surface area contributed by atoms with Crippen LogP contribution in [0.2, 0.25) is 0 Å². The Bertz CT molecular complexity index is 832. The lowest BCUT2D eigenvalue weighted by Gasteiger charge is -2.09. The summed E-state index contributed by atoms with van der Waals surface area (Å²) in [4.78, 5) is 11.3. The SMILES string of the molecule is Cc1ccc(-c2c(C=O)nnn2-c2ccc(C)c(C)c2)cc1. The molecule has 0 saturated carbocycles. The summed E-state index contributed by atoms with van der Waals surface area (Å²) in [5, 5.41) is 8.17. The van der Waals surface area contributed by atoms with Crippen molar-refractivity contribution in [1.82, 2.24) is 15.0 Å². The van der Waals surface area contributed by atoms with Gasteiger partial charge >= 0.3 is 0 Å². The minimum absolute atomic E-state index is 0.349. The third-order valence-corrected chi connectivity index (χ3v) is 3.87. The fraction of sp³-hybridized carbons (Fsp3) is 0.167. The molecule has 0 unspecified atom stereocenters. The number of aryl methyl sites for hydroxylation is 3. The molecular weight excluding hydrogens is 274 g/mol. The number of hydrogen-bond donors (Lipinski definition) is 0. The molecule has 2 aromatic carbocycles. The van der Waals surface area contributed by atoms with E-state index in [2.05, 4.69) is 30.2 Å². The summed E-state index contributed by atoms with van der Waals surface area (Å²) in [6.45, 7) is 6.16. The maximum atomic E-state index is 11.3. The Morgan fingerprint density at radius 3 is 2.32 bits per heavy atom. The minimum Gasteiger partial charge on any atom is -0.296 e. The van der Waals surface area contributed by atoms with E-state index < -0.39 is 0 Å². The summed E-state index contributed by atoms with van der Waals surface area (Å²) in [6, 6.07) is 14.1. The van der Waals surface area contributed by atoms with Gasteiger partial charge in [-0.1, -0.05) is 41.1 Å². The molecule has 0 N–H and O–H groups in total. The van der Waals surface area contributed by atoms with Crippen molar-refractivity contribution in [3.05, 3.63) is 64.8 Å². The van der Waals surface area contributed by atoms with E-state index in [0.717, 1.165) is 23.2 Å². The van der Waals surface area contributed by atoms with Crippen LogP contribution in [-0.2, 0) is 0 Å². The highest BCUT2D eigenvalue weighted by atomic mass is 16.1. The van der Waals surface area contributed by atoms with Crippen LogP contribution in [0.15, 0.2) is 42.5 Å². The van der Waals surface area contributed by atoms with E-state index in [0.29, 0.717) is 5.69 Å². The molecule has 0 saturated heterocycles. The molecule has 22 heavy (non-hydrogen) atoms. The Hall–Kier alpha value is -2.75. The number of carbonyl (C=O) groups is 1. The number of benzene rings is 2. The van der Waals surface area contributed by atoms with E-state index >= 15 is 0 Å². The second-order valence-electron chi connectivity index (χ2n) is 5.49. The maximum Gasteiger partial charge on any atom is 0.172 e. The van der Waals surface area contributed by atoms with Crippen molar-refractivity contribution in [2.24, 2.45) is 0 Å². The molecule has 0 aliphatic rings. The number of rotatable bonds is 3. The van der Waals surface area contributed by atoms with Crippen molar-refractivity contribution in [2.75, 3.05) is 0 Å². The quantitative estimate of drug-likeness (QED) is 0.692. The van der Waals surface area contributed by atoms with Crippen LogP contribution < -0.4 is 0 Å². The van der Waals surface area contributed by atoms with Crippen LogP contribution in [0.4, 0.5) is 0 Å². The molecule has 0 fully saturated rings. The zero-order valence-electron chi connectivity index (χ0n) is 12.9. The number of aldehydes is 1. The normalized spacial score (nSPS) is 10.7. The van der Waals surface area contributed by atoms with Gasteiger partial charge in [-0.15, -0.1) is 5.10 Å². The van der Waals surface area contributed by atoms with Gasteiger partial charge in [0.1, 0.15) is 5.69 Å². The largest absolute Gasteiger partial charge is 0.296 e. The average Bonchev–Trinajstić information content (AvgIpc) is 2.95. The minimum atomic E-state index is 0.349. The van der Waals surface area contributed by atoms with Gasteiger partial charge in [-0.25, -0.2) is 4.68 Å². The molecule has 0 aliphatic carbocycles. The standard InChI is InChI=1S/C18H17N3O/c1-12-4-7-15(8-5-12)18-17(11-22)19-20-21(18)16-9-6-13(2)14(3)10-16/h4-11H,1-3H3. The summed E-state index contributed by atoms with van der Waals surface area (Å²) >= 11 is 0. The first-order valence-electron chi connectivity index (χ1n) is 7.15. The van der Waals surface area contributed by atoms with Gasteiger partial charge in [-0.3, -0.25) is 4.79 Å². The van der Waals surface area contributed by atoms with E-state index in [1.807, 2.05) is 43.3 Å². The summed E-state index contributed by atoms with van der Waals surface area (Å²) < 4.78 is 1.72. The van der Waals surface area contributed by atoms with Crippen molar-refractivity contribution in [1.29, 1.82) is 0 Å². The fourth-order valence-electron chi connectivity index (χ4n) is 2.39. The third kappa shape index (κ3) is 2.44. The highest BCUT2D eigenvalue weighted by molar-refractivity contribution is 5.84. The van der Waals surface area contributed by atoms with Gasteiger partial charge in [0.2, 0.25) is 0 Å².